The Bertz CT molecular complexity index is 1630. The Morgan fingerprint density at radius 3 is 2.59 bits per heavy atom. The number of carbonyl (C=O) groups is 2. The van der Waals surface area contributed by atoms with Gasteiger partial charge in [-0.15, -0.1) is 0 Å². The van der Waals surface area contributed by atoms with Gasteiger partial charge in [0.2, 0.25) is 0 Å². The number of methoxy groups -OCH3 is 1. The van der Waals surface area contributed by atoms with Crippen molar-refractivity contribution < 1.29 is 28.5 Å². The SMILES string of the molecule is CCOC(=O)C1=C(C)N=c2s/c(=C/c3cccc(OC(C)=O)c3)c(=O)n2[C@@H]1c1ccc(OC(C)C)c(OC)c1. The number of rotatable bonds is 8. The van der Waals surface area contributed by atoms with Crippen LogP contribution in [-0.2, 0) is 14.3 Å². The third kappa shape index (κ3) is 5.96. The molecule has 0 spiro atoms. The summed E-state index contributed by atoms with van der Waals surface area (Å²) in [6.45, 7) is 8.78. The molecule has 10 heteroatoms. The first kappa shape index (κ1) is 27.8. The number of aromatic nitrogens is 1. The van der Waals surface area contributed by atoms with Crippen molar-refractivity contribution in [1.29, 1.82) is 0 Å². The standard InChI is InChI=1S/C29H30N2O7S/c1-7-36-28(34)25-17(4)30-29-31(26(25)20-11-12-22(37-16(2)3)23(15-20)35-6)27(33)24(39-29)14-19-9-8-10-21(13-19)38-18(5)32/h8-16,26H,7H2,1-6H3/b24-14+/t26-/m1/s1. The zero-order valence-electron chi connectivity index (χ0n) is 22.6. The second kappa shape index (κ2) is 11.7. The topological polar surface area (TPSA) is 105 Å². The predicted octanol–water partition coefficient (Wildman–Crippen LogP) is 3.52. The first-order chi connectivity index (χ1) is 18.6. The molecule has 39 heavy (non-hydrogen) atoms. The number of ether oxygens (including phenoxy) is 4. The van der Waals surface area contributed by atoms with E-state index in [-0.39, 0.29) is 23.8 Å². The van der Waals surface area contributed by atoms with Gasteiger partial charge in [0.15, 0.2) is 16.3 Å². The van der Waals surface area contributed by atoms with Gasteiger partial charge in [0.1, 0.15) is 5.75 Å². The van der Waals surface area contributed by atoms with E-state index >= 15 is 0 Å². The summed E-state index contributed by atoms with van der Waals surface area (Å²) < 4.78 is 23.9. The van der Waals surface area contributed by atoms with Crippen LogP contribution in [0.15, 0.2) is 63.5 Å². The van der Waals surface area contributed by atoms with Gasteiger partial charge in [0.25, 0.3) is 5.56 Å². The maximum absolute atomic E-state index is 13.8. The molecule has 0 bridgehead atoms. The molecular weight excluding hydrogens is 520 g/mol. The molecule has 1 aliphatic rings. The minimum atomic E-state index is -0.795. The van der Waals surface area contributed by atoms with Crippen molar-refractivity contribution in [2.75, 3.05) is 13.7 Å². The summed E-state index contributed by atoms with van der Waals surface area (Å²) in [5.41, 5.74) is 1.73. The molecule has 4 rings (SSSR count). The molecule has 2 heterocycles. The van der Waals surface area contributed by atoms with Gasteiger partial charge in [-0.2, -0.15) is 0 Å². The maximum atomic E-state index is 13.8. The Balaban J connectivity index is 1.91. The average molecular weight is 551 g/mol. The molecule has 0 amide bonds. The van der Waals surface area contributed by atoms with E-state index in [0.29, 0.717) is 43.4 Å². The van der Waals surface area contributed by atoms with Crippen molar-refractivity contribution in [3.8, 4) is 17.2 Å². The minimum absolute atomic E-state index is 0.0704. The number of nitrogens with zero attached hydrogens (tertiary/aromatic N) is 2. The molecular formula is C29H30N2O7S. The monoisotopic (exact) mass is 550 g/mol. The number of benzene rings is 2. The number of esters is 2. The van der Waals surface area contributed by atoms with E-state index in [2.05, 4.69) is 4.99 Å². The number of hydrogen-bond acceptors (Lipinski definition) is 9. The van der Waals surface area contributed by atoms with Crippen LogP contribution in [0.4, 0.5) is 0 Å². The lowest BCUT2D eigenvalue weighted by molar-refractivity contribution is -0.139. The van der Waals surface area contributed by atoms with E-state index in [0.717, 1.165) is 0 Å². The molecule has 0 N–H and O–H groups in total. The summed E-state index contributed by atoms with van der Waals surface area (Å²) in [7, 11) is 1.54. The van der Waals surface area contributed by atoms with Gasteiger partial charge in [-0.25, -0.2) is 9.79 Å². The summed E-state index contributed by atoms with van der Waals surface area (Å²) in [6, 6.07) is 11.4. The molecule has 1 aromatic heterocycles. The van der Waals surface area contributed by atoms with Gasteiger partial charge in [-0.3, -0.25) is 14.2 Å². The molecule has 0 unspecified atom stereocenters. The summed E-state index contributed by atoms with van der Waals surface area (Å²) in [5.74, 6) is 0.415. The van der Waals surface area contributed by atoms with Gasteiger partial charge in [0, 0.05) is 6.92 Å². The van der Waals surface area contributed by atoms with Crippen molar-refractivity contribution >= 4 is 29.4 Å². The molecule has 0 saturated heterocycles. The predicted molar refractivity (Wildman–Crippen MR) is 147 cm³/mol. The minimum Gasteiger partial charge on any atom is -0.493 e. The Morgan fingerprint density at radius 1 is 1.15 bits per heavy atom. The third-order valence-corrected chi connectivity index (χ3v) is 6.78. The van der Waals surface area contributed by atoms with Crippen molar-refractivity contribution in [3.63, 3.8) is 0 Å². The van der Waals surface area contributed by atoms with Gasteiger partial charge < -0.3 is 18.9 Å². The fraction of sp³-hybridized carbons (Fsp3) is 0.310. The number of allylic oxidation sites excluding steroid dienone is 1. The number of carbonyl (C=O) groups excluding carboxylic acids is 2. The highest BCUT2D eigenvalue weighted by atomic mass is 32.1. The summed E-state index contributed by atoms with van der Waals surface area (Å²) in [6.07, 6.45) is 1.64. The summed E-state index contributed by atoms with van der Waals surface area (Å²) in [5, 5.41) is 0. The first-order valence-electron chi connectivity index (χ1n) is 12.5. The molecule has 204 valence electrons. The lowest BCUT2D eigenvalue weighted by atomic mass is 9.95. The largest absolute Gasteiger partial charge is 0.493 e. The molecule has 9 nitrogen and oxygen atoms in total. The average Bonchev–Trinajstić information content (AvgIpc) is 3.17. The van der Waals surface area contributed by atoms with E-state index in [1.165, 1.54) is 29.9 Å². The van der Waals surface area contributed by atoms with Crippen LogP contribution in [0, 0.1) is 0 Å². The maximum Gasteiger partial charge on any atom is 0.338 e. The van der Waals surface area contributed by atoms with Crippen molar-refractivity contribution in [2.24, 2.45) is 4.99 Å². The number of thiazole rings is 1. The fourth-order valence-electron chi connectivity index (χ4n) is 4.30. The van der Waals surface area contributed by atoms with E-state index < -0.39 is 18.0 Å². The van der Waals surface area contributed by atoms with Gasteiger partial charge >= 0.3 is 11.9 Å². The van der Waals surface area contributed by atoms with Crippen LogP contribution in [0.2, 0.25) is 0 Å². The van der Waals surface area contributed by atoms with E-state index in [4.69, 9.17) is 18.9 Å². The first-order valence-corrected chi connectivity index (χ1v) is 13.3. The van der Waals surface area contributed by atoms with Gasteiger partial charge in [-0.05, 0) is 69.2 Å². The van der Waals surface area contributed by atoms with Gasteiger partial charge in [0.05, 0.1) is 41.7 Å². The molecule has 0 saturated carbocycles. The Kier molecular flexibility index (Phi) is 8.35. The van der Waals surface area contributed by atoms with Crippen LogP contribution >= 0.6 is 11.3 Å². The highest BCUT2D eigenvalue weighted by Crippen LogP contribution is 2.36. The van der Waals surface area contributed by atoms with E-state index in [1.807, 2.05) is 19.9 Å². The third-order valence-electron chi connectivity index (χ3n) is 5.80. The second-order valence-corrected chi connectivity index (χ2v) is 10.1. The lowest BCUT2D eigenvalue weighted by Gasteiger charge is -2.25. The Labute approximate surface area is 229 Å². The Morgan fingerprint density at radius 2 is 1.92 bits per heavy atom. The van der Waals surface area contributed by atoms with Crippen LogP contribution in [0.3, 0.4) is 0 Å². The highest BCUT2D eigenvalue weighted by molar-refractivity contribution is 7.07. The molecule has 0 radical (unpaired) electrons. The molecule has 0 aliphatic carbocycles. The van der Waals surface area contributed by atoms with Crippen LogP contribution in [-0.4, -0.2) is 36.3 Å². The van der Waals surface area contributed by atoms with Gasteiger partial charge in [-0.1, -0.05) is 29.5 Å². The van der Waals surface area contributed by atoms with Crippen LogP contribution < -0.4 is 29.1 Å². The molecule has 1 aliphatic heterocycles. The normalized spacial score (nSPS) is 15.1. The molecule has 0 fully saturated rings. The number of hydrogen-bond donors (Lipinski definition) is 0. The second-order valence-electron chi connectivity index (χ2n) is 9.05. The molecule has 1 atom stereocenters. The molecule has 3 aromatic rings. The van der Waals surface area contributed by atoms with Crippen molar-refractivity contribution in [3.05, 3.63) is 84.5 Å². The van der Waals surface area contributed by atoms with Crippen LogP contribution in [0.25, 0.3) is 6.08 Å². The highest BCUT2D eigenvalue weighted by Gasteiger charge is 2.34. The number of fused-ring (bicyclic) bond motifs is 1. The van der Waals surface area contributed by atoms with Crippen molar-refractivity contribution in [2.45, 2.75) is 46.8 Å². The summed E-state index contributed by atoms with van der Waals surface area (Å²) in [4.78, 5) is 43.4. The van der Waals surface area contributed by atoms with Crippen molar-refractivity contribution in [1.82, 2.24) is 4.57 Å². The molecule has 2 aromatic carbocycles. The quantitative estimate of drug-likeness (QED) is 0.312. The smallest absolute Gasteiger partial charge is 0.338 e. The van der Waals surface area contributed by atoms with E-state index in [1.54, 1.807) is 56.3 Å². The van der Waals surface area contributed by atoms with E-state index in [9.17, 15) is 14.4 Å². The lowest BCUT2D eigenvalue weighted by Crippen LogP contribution is -2.40. The fourth-order valence-corrected chi connectivity index (χ4v) is 5.34. The zero-order chi connectivity index (χ0) is 28.3. The zero-order valence-corrected chi connectivity index (χ0v) is 23.5. The Hall–Kier alpha value is -4.18. The van der Waals surface area contributed by atoms with Crippen LogP contribution in [0.5, 0.6) is 17.2 Å². The van der Waals surface area contributed by atoms with Crippen LogP contribution in [0.1, 0.15) is 51.8 Å². The summed E-state index contributed by atoms with van der Waals surface area (Å²) >= 11 is 1.21.